The molecule has 0 heterocycles. The molecule has 0 aromatic heterocycles. The number of hydrogen-bond donors (Lipinski definition) is 2. The van der Waals surface area contributed by atoms with E-state index in [-0.39, 0.29) is 0 Å². The van der Waals surface area contributed by atoms with Crippen LogP contribution in [0.15, 0.2) is 30.3 Å². The van der Waals surface area contributed by atoms with Crippen LogP contribution in [0.4, 0.5) is 0 Å². The minimum absolute atomic E-state index is 0.644. The van der Waals surface area contributed by atoms with E-state index in [0.29, 0.717) is 6.61 Å². The van der Waals surface area contributed by atoms with E-state index in [4.69, 9.17) is 10.7 Å². The zero-order valence-electron chi connectivity index (χ0n) is 6.99. The van der Waals surface area contributed by atoms with Crippen molar-refractivity contribution in [2.75, 3.05) is 6.61 Å². The molecule has 0 saturated carbocycles. The number of hydrogen-bond acceptors (Lipinski definition) is 3. The first-order valence-corrected chi connectivity index (χ1v) is 4.05. The molecule has 0 aliphatic carbocycles. The van der Waals surface area contributed by atoms with Crippen LogP contribution in [0.1, 0.15) is 12.0 Å². The van der Waals surface area contributed by atoms with Gasteiger partial charge >= 0.3 is 0 Å². The number of nitrogens with one attached hydrogen (secondary N) is 1. The van der Waals surface area contributed by atoms with E-state index in [1.165, 1.54) is 5.56 Å². The topological polar surface area (TPSA) is 47.3 Å². The average Bonchev–Trinajstić information content (AvgIpc) is 2.14. The largest absolute Gasteiger partial charge is 0.287 e. The summed E-state index contributed by atoms with van der Waals surface area (Å²) in [5.74, 6) is 4.94. The molecule has 0 aliphatic heterocycles. The van der Waals surface area contributed by atoms with Crippen LogP contribution in [0, 0.1) is 0 Å². The van der Waals surface area contributed by atoms with Crippen molar-refractivity contribution in [2.24, 2.45) is 5.84 Å². The van der Waals surface area contributed by atoms with Crippen molar-refractivity contribution in [1.29, 1.82) is 0 Å². The highest BCUT2D eigenvalue weighted by Gasteiger charge is 1.90. The van der Waals surface area contributed by atoms with E-state index < -0.39 is 0 Å². The first-order valence-electron chi connectivity index (χ1n) is 4.05. The monoisotopic (exact) mass is 166 g/mol. The molecule has 3 heteroatoms. The zero-order chi connectivity index (χ0) is 8.65. The molecule has 0 spiro atoms. The van der Waals surface area contributed by atoms with Gasteiger partial charge in [0.2, 0.25) is 0 Å². The molecule has 0 aliphatic rings. The summed E-state index contributed by atoms with van der Waals surface area (Å²) in [4.78, 5) is 4.78. The molecule has 1 aromatic rings. The summed E-state index contributed by atoms with van der Waals surface area (Å²) in [7, 11) is 0. The van der Waals surface area contributed by atoms with Crippen molar-refractivity contribution < 1.29 is 4.84 Å². The Morgan fingerprint density at radius 2 is 2.00 bits per heavy atom. The van der Waals surface area contributed by atoms with Gasteiger partial charge < -0.3 is 0 Å². The summed E-state index contributed by atoms with van der Waals surface area (Å²) in [6, 6.07) is 10.3. The Hall–Kier alpha value is -0.900. The third-order valence-corrected chi connectivity index (χ3v) is 1.64. The Balaban J connectivity index is 2.16. The predicted octanol–water partition coefficient (Wildman–Crippen LogP) is 1.01. The van der Waals surface area contributed by atoms with Crippen molar-refractivity contribution in [1.82, 2.24) is 5.59 Å². The van der Waals surface area contributed by atoms with Crippen LogP contribution in [0.2, 0.25) is 0 Å². The highest BCUT2D eigenvalue weighted by molar-refractivity contribution is 5.14. The van der Waals surface area contributed by atoms with Gasteiger partial charge in [0, 0.05) is 0 Å². The lowest BCUT2D eigenvalue weighted by molar-refractivity contribution is 0.0398. The van der Waals surface area contributed by atoms with Gasteiger partial charge in [0.15, 0.2) is 0 Å². The van der Waals surface area contributed by atoms with E-state index in [2.05, 4.69) is 17.7 Å². The second-order valence-electron chi connectivity index (χ2n) is 2.56. The second kappa shape index (κ2) is 5.71. The molecule has 3 nitrogen and oxygen atoms in total. The molecule has 0 fully saturated rings. The highest BCUT2D eigenvalue weighted by atomic mass is 16.7. The van der Waals surface area contributed by atoms with Crippen LogP contribution in [0.3, 0.4) is 0 Å². The minimum Gasteiger partial charge on any atom is -0.287 e. The predicted molar refractivity (Wildman–Crippen MR) is 48.0 cm³/mol. The SMILES string of the molecule is NNOCCCc1ccccc1. The molecule has 0 bridgehead atoms. The Morgan fingerprint density at radius 1 is 1.25 bits per heavy atom. The van der Waals surface area contributed by atoms with E-state index in [1.807, 2.05) is 18.2 Å². The maximum absolute atomic E-state index is 4.94. The maximum Gasteiger partial charge on any atom is 0.0701 e. The normalized spacial score (nSPS) is 10.1. The molecular formula is C9H14N2O. The molecule has 0 atom stereocenters. The molecule has 66 valence electrons. The van der Waals surface area contributed by atoms with Crippen LogP contribution in [-0.2, 0) is 11.3 Å². The van der Waals surface area contributed by atoms with Gasteiger partial charge in [0.1, 0.15) is 0 Å². The van der Waals surface area contributed by atoms with E-state index in [9.17, 15) is 0 Å². The third-order valence-electron chi connectivity index (χ3n) is 1.64. The summed E-state index contributed by atoms with van der Waals surface area (Å²) in [5, 5.41) is 0. The van der Waals surface area contributed by atoms with Crippen molar-refractivity contribution in [3.8, 4) is 0 Å². The molecule has 0 saturated heterocycles. The molecule has 3 N–H and O–H groups in total. The van der Waals surface area contributed by atoms with Gasteiger partial charge in [-0.2, -0.15) is 0 Å². The summed E-state index contributed by atoms with van der Waals surface area (Å²) in [5.41, 5.74) is 3.49. The van der Waals surface area contributed by atoms with Gasteiger partial charge in [-0.1, -0.05) is 30.3 Å². The Labute approximate surface area is 72.5 Å². The fourth-order valence-corrected chi connectivity index (χ4v) is 1.05. The van der Waals surface area contributed by atoms with Crippen LogP contribution in [0.5, 0.6) is 0 Å². The molecule has 0 radical (unpaired) electrons. The molecule has 1 rings (SSSR count). The number of rotatable bonds is 5. The standard InChI is InChI=1S/C9H14N2O/c10-11-12-8-4-7-9-5-2-1-3-6-9/h1-3,5-6,11H,4,7-8,10H2. The fourth-order valence-electron chi connectivity index (χ4n) is 1.05. The molecule has 0 unspecified atom stereocenters. The zero-order valence-corrected chi connectivity index (χ0v) is 6.99. The fraction of sp³-hybridized carbons (Fsp3) is 0.333. The smallest absolute Gasteiger partial charge is 0.0701 e. The summed E-state index contributed by atoms with van der Waals surface area (Å²) in [6.45, 7) is 0.644. The van der Waals surface area contributed by atoms with E-state index >= 15 is 0 Å². The molecular weight excluding hydrogens is 152 g/mol. The van der Waals surface area contributed by atoms with Gasteiger partial charge in [-0.15, -0.1) is 5.59 Å². The van der Waals surface area contributed by atoms with Crippen LogP contribution in [0.25, 0.3) is 0 Å². The number of hydrazine groups is 1. The molecule has 12 heavy (non-hydrogen) atoms. The van der Waals surface area contributed by atoms with Crippen LogP contribution < -0.4 is 11.4 Å². The van der Waals surface area contributed by atoms with Crippen molar-refractivity contribution in [3.05, 3.63) is 35.9 Å². The van der Waals surface area contributed by atoms with Gasteiger partial charge in [-0.25, -0.2) is 5.84 Å². The third kappa shape index (κ3) is 3.48. The number of nitrogens with two attached hydrogens (primary N) is 1. The first kappa shape index (κ1) is 9.19. The van der Waals surface area contributed by atoms with E-state index in [1.54, 1.807) is 0 Å². The Bertz CT molecular complexity index is 201. The van der Waals surface area contributed by atoms with Crippen molar-refractivity contribution in [3.63, 3.8) is 0 Å². The summed E-state index contributed by atoms with van der Waals surface area (Å²) >= 11 is 0. The van der Waals surface area contributed by atoms with E-state index in [0.717, 1.165) is 12.8 Å². The van der Waals surface area contributed by atoms with Crippen LogP contribution in [-0.4, -0.2) is 6.61 Å². The van der Waals surface area contributed by atoms with Gasteiger partial charge in [-0.3, -0.25) is 4.84 Å². The second-order valence-corrected chi connectivity index (χ2v) is 2.56. The van der Waals surface area contributed by atoms with Crippen molar-refractivity contribution >= 4 is 0 Å². The van der Waals surface area contributed by atoms with Gasteiger partial charge in [0.05, 0.1) is 6.61 Å². The first-order chi connectivity index (χ1) is 5.93. The van der Waals surface area contributed by atoms with Crippen molar-refractivity contribution in [2.45, 2.75) is 12.8 Å². The quantitative estimate of drug-likeness (QED) is 0.390. The maximum atomic E-state index is 4.94. The summed E-state index contributed by atoms with van der Waals surface area (Å²) in [6.07, 6.45) is 2.01. The Kier molecular flexibility index (Phi) is 4.37. The summed E-state index contributed by atoms with van der Waals surface area (Å²) < 4.78 is 0. The minimum atomic E-state index is 0.644. The molecule has 0 amide bonds. The lowest BCUT2D eigenvalue weighted by Crippen LogP contribution is -2.22. The van der Waals surface area contributed by atoms with Crippen LogP contribution >= 0.6 is 0 Å². The molecule has 1 aromatic carbocycles. The van der Waals surface area contributed by atoms with Gasteiger partial charge in [0.25, 0.3) is 0 Å². The number of benzene rings is 1. The number of aryl methyl sites for hydroxylation is 1. The van der Waals surface area contributed by atoms with Gasteiger partial charge in [-0.05, 0) is 18.4 Å². The highest BCUT2D eigenvalue weighted by Crippen LogP contribution is 2.01. The lowest BCUT2D eigenvalue weighted by Gasteiger charge is -2.00. The Morgan fingerprint density at radius 3 is 2.67 bits per heavy atom. The average molecular weight is 166 g/mol. The lowest BCUT2D eigenvalue weighted by atomic mass is 10.1.